The van der Waals surface area contributed by atoms with Crippen molar-refractivity contribution in [2.24, 2.45) is 11.0 Å². The van der Waals surface area contributed by atoms with Crippen molar-refractivity contribution in [3.63, 3.8) is 0 Å². The van der Waals surface area contributed by atoms with Gasteiger partial charge in [0, 0.05) is 11.6 Å². The summed E-state index contributed by atoms with van der Waals surface area (Å²) in [5.74, 6) is 0.0873. The van der Waals surface area contributed by atoms with Crippen LogP contribution >= 0.6 is 0 Å². The number of anilines is 1. The predicted molar refractivity (Wildman–Crippen MR) is 130 cm³/mol. The second-order valence-electron chi connectivity index (χ2n) is 8.45. The molecular formula is C27H29N3O2. The van der Waals surface area contributed by atoms with Crippen LogP contribution in [0, 0.1) is 5.92 Å². The molecule has 0 unspecified atom stereocenters. The summed E-state index contributed by atoms with van der Waals surface area (Å²) in [6.45, 7) is 1.85. The molecule has 5 heteroatoms. The van der Waals surface area contributed by atoms with E-state index in [1.165, 1.54) is 6.42 Å². The van der Waals surface area contributed by atoms with Gasteiger partial charge in [0.2, 0.25) is 11.8 Å². The predicted octanol–water partition coefficient (Wildman–Crippen LogP) is 5.44. The molecule has 5 nitrogen and oxygen atoms in total. The van der Waals surface area contributed by atoms with Crippen LogP contribution in [-0.2, 0) is 16.0 Å². The number of rotatable bonds is 6. The number of fused-ring (bicyclic) bond motifs is 1. The maximum absolute atomic E-state index is 12.5. The van der Waals surface area contributed by atoms with Gasteiger partial charge in [0.05, 0.1) is 12.1 Å². The molecule has 0 aliphatic heterocycles. The van der Waals surface area contributed by atoms with Gasteiger partial charge in [0.25, 0.3) is 0 Å². The van der Waals surface area contributed by atoms with Crippen molar-refractivity contribution in [2.45, 2.75) is 45.4 Å². The van der Waals surface area contributed by atoms with Gasteiger partial charge in [0.15, 0.2) is 0 Å². The van der Waals surface area contributed by atoms with Crippen molar-refractivity contribution < 1.29 is 9.59 Å². The molecule has 4 rings (SSSR count). The Hall–Kier alpha value is -3.47. The number of nitrogens with one attached hydrogen (secondary N) is 2. The standard InChI is InChI=1S/C27H29N3O2/c1-19(20-14-16-24(17-15-20)28-27(32)22-9-3-2-4-10-22)29-30-26(31)18-23-12-7-11-21-8-5-6-13-25(21)23/h5-8,11-17,22H,2-4,9-10,18H2,1H3,(H,28,32)(H,30,31). The largest absolute Gasteiger partial charge is 0.326 e. The number of amides is 2. The summed E-state index contributed by atoms with van der Waals surface area (Å²) < 4.78 is 0. The third kappa shape index (κ3) is 5.41. The highest BCUT2D eigenvalue weighted by Crippen LogP contribution is 2.25. The van der Waals surface area contributed by atoms with Gasteiger partial charge in [-0.05, 0) is 53.8 Å². The van der Waals surface area contributed by atoms with Gasteiger partial charge in [-0.15, -0.1) is 0 Å². The zero-order valence-corrected chi connectivity index (χ0v) is 18.4. The van der Waals surface area contributed by atoms with Crippen LogP contribution in [0.3, 0.4) is 0 Å². The molecule has 0 bridgehead atoms. The van der Waals surface area contributed by atoms with E-state index in [1.54, 1.807) is 0 Å². The molecule has 0 atom stereocenters. The fourth-order valence-electron chi connectivity index (χ4n) is 4.27. The minimum absolute atomic E-state index is 0.114. The van der Waals surface area contributed by atoms with E-state index in [9.17, 15) is 9.59 Å². The van der Waals surface area contributed by atoms with E-state index >= 15 is 0 Å². The quantitative estimate of drug-likeness (QED) is 0.406. The van der Waals surface area contributed by atoms with E-state index in [4.69, 9.17) is 0 Å². The summed E-state index contributed by atoms with van der Waals surface area (Å²) >= 11 is 0. The Morgan fingerprint density at radius 3 is 2.41 bits per heavy atom. The minimum Gasteiger partial charge on any atom is -0.326 e. The third-order valence-electron chi connectivity index (χ3n) is 6.13. The molecule has 2 amide bonds. The average Bonchev–Trinajstić information content (AvgIpc) is 2.84. The molecule has 2 N–H and O–H groups in total. The molecule has 1 fully saturated rings. The first-order valence-corrected chi connectivity index (χ1v) is 11.3. The smallest absolute Gasteiger partial charge is 0.244 e. The Morgan fingerprint density at radius 2 is 1.62 bits per heavy atom. The molecule has 1 saturated carbocycles. The van der Waals surface area contributed by atoms with Crippen molar-refractivity contribution >= 4 is 34.0 Å². The van der Waals surface area contributed by atoms with Crippen LogP contribution < -0.4 is 10.7 Å². The molecule has 1 aliphatic rings. The molecule has 3 aromatic carbocycles. The normalized spacial score (nSPS) is 14.8. The molecule has 32 heavy (non-hydrogen) atoms. The van der Waals surface area contributed by atoms with Crippen molar-refractivity contribution in [3.05, 3.63) is 77.9 Å². The fourth-order valence-corrected chi connectivity index (χ4v) is 4.27. The maximum atomic E-state index is 12.5. The molecule has 3 aromatic rings. The summed E-state index contributed by atoms with van der Waals surface area (Å²) in [7, 11) is 0. The monoisotopic (exact) mass is 427 g/mol. The molecule has 164 valence electrons. The number of nitrogens with zero attached hydrogens (tertiary/aromatic N) is 1. The fraction of sp³-hybridized carbons (Fsp3) is 0.296. The Bertz CT molecular complexity index is 1120. The second-order valence-corrected chi connectivity index (χ2v) is 8.45. The second kappa shape index (κ2) is 10.2. The number of carbonyl (C=O) groups is 2. The van der Waals surface area contributed by atoms with E-state index < -0.39 is 0 Å². The summed E-state index contributed by atoms with van der Waals surface area (Å²) in [6, 6.07) is 21.6. The molecule has 0 saturated heterocycles. The maximum Gasteiger partial charge on any atom is 0.244 e. The van der Waals surface area contributed by atoms with Gasteiger partial charge in [-0.1, -0.05) is 73.9 Å². The summed E-state index contributed by atoms with van der Waals surface area (Å²) in [6.07, 6.45) is 5.74. The summed E-state index contributed by atoms with van der Waals surface area (Å²) in [5.41, 5.74) is 6.03. The summed E-state index contributed by atoms with van der Waals surface area (Å²) in [5, 5.41) is 9.48. The topological polar surface area (TPSA) is 70.6 Å². The Kier molecular flexibility index (Phi) is 6.95. The number of hydrogen-bond donors (Lipinski definition) is 2. The molecule has 0 heterocycles. The van der Waals surface area contributed by atoms with E-state index in [1.807, 2.05) is 73.7 Å². The van der Waals surface area contributed by atoms with E-state index in [0.717, 1.165) is 53.3 Å². The Morgan fingerprint density at radius 1 is 0.906 bits per heavy atom. The molecule has 0 radical (unpaired) electrons. The zero-order valence-electron chi connectivity index (χ0n) is 18.4. The van der Waals surface area contributed by atoms with Crippen LogP contribution in [0.25, 0.3) is 10.8 Å². The lowest BCUT2D eigenvalue weighted by Gasteiger charge is -2.20. The number of hydrazone groups is 1. The van der Waals surface area contributed by atoms with E-state index in [0.29, 0.717) is 5.71 Å². The lowest BCUT2D eigenvalue weighted by Crippen LogP contribution is -2.24. The number of hydrogen-bond acceptors (Lipinski definition) is 3. The van der Waals surface area contributed by atoms with Crippen LogP contribution in [-0.4, -0.2) is 17.5 Å². The van der Waals surface area contributed by atoms with E-state index in [2.05, 4.69) is 15.8 Å². The Balaban J connectivity index is 1.34. The van der Waals surface area contributed by atoms with Crippen LogP contribution in [0.2, 0.25) is 0 Å². The number of carbonyl (C=O) groups excluding carboxylic acids is 2. The zero-order chi connectivity index (χ0) is 22.3. The highest BCUT2D eigenvalue weighted by atomic mass is 16.2. The lowest BCUT2D eigenvalue weighted by atomic mass is 9.88. The first kappa shape index (κ1) is 21.8. The molecule has 0 aromatic heterocycles. The van der Waals surface area contributed by atoms with Crippen molar-refractivity contribution in [1.29, 1.82) is 0 Å². The lowest BCUT2D eigenvalue weighted by molar-refractivity contribution is -0.121. The van der Waals surface area contributed by atoms with Gasteiger partial charge in [-0.25, -0.2) is 5.43 Å². The van der Waals surface area contributed by atoms with Crippen LogP contribution in [0.15, 0.2) is 71.8 Å². The van der Waals surface area contributed by atoms with Gasteiger partial charge in [-0.3, -0.25) is 9.59 Å². The van der Waals surface area contributed by atoms with Crippen molar-refractivity contribution in [2.75, 3.05) is 5.32 Å². The van der Waals surface area contributed by atoms with Gasteiger partial charge < -0.3 is 5.32 Å². The highest BCUT2D eigenvalue weighted by molar-refractivity contribution is 6.00. The van der Waals surface area contributed by atoms with Gasteiger partial charge in [-0.2, -0.15) is 5.10 Å². The average molecular weight is 428 g/mol. The minimum atomic E-state index is -0.155. The third-order valence-corrected chi connectivity index (χ3v) is 6.13. The highest BCUT2D eigenvalue weighted by Gasteiger charge is 2.21. The molecular weight excluding hydrogens is 398 g/mol. The Labute approximate surface area is 188 Å². The first-order valence-electron chi connectivity index (χ1n) is 11.3. The van der Waals surface area contributed by atoms with E-state index in [-0.39, 0.29) is 24.2 Å². The van der Waals surface area contributed by atoms with Gasteiger partial charge in [0.1, 0.15) is 0 Å². The first-order chi connectivity index (χ1) is 15.6. The summed E-state index contributed by atoms with van der Waals surface area (Å²) in [4.78, 5) is 24.9. The molecule has 1 aliphatic carbocycles. The van der Waals surface area contributed by atoms with Crippen molar-refractivity contribution in [3.8, 4) is 0 Å². The molecule has 0 spiro atoms. The van der Waals surface area contributed by atoms with Crippen LogP contribution in [0.1, 0.15) is 50.2 Å². The number of benzene rings is 3. The van der Waals surface area contributed by atoms with Crippen LogP contribution in [0.5, 0.6) is 0 Å². The van der Waals surface area contributed by atoms with Crippen LogP contribution in [0.4, 0.5) is 5.69 Å². The van der Waals surface area contributed by atoms with Gasteiger partial charge >= 0.3 is 0 Å². The van der Waals surface area contributed by atoms with Crippen molar-refractivity contribution in [1.82, 2.24) is 5.43 Å². The SMILES string of the molecule is CC(=NNC(=O)Cc1cccc2ccccc12)c1ccc(NC(=O)C2CCCCC2)cc1.